The monoisotopic (exact) mass is 227 g/mol. The molecule has 0 spiro atoms. The molecule has 2 rings (SSSR count). The van der Waals surface area contributed by atoms with Crippen LogP contribution in [0.3, 0.4) is 0 Å². The van der Waals surface area contributed by atoms with Gasteiger partial charge in [-0.05, 0) is 17.7 Å². The molecule has 5 heteroatoms. The van der Waals surface area contributed by atoms with Crippen LogP contribution in [0.2, 0.25) is 0 Å². The molecule has 1 heterocycles. The molecule has 1 aliphatic rings. The minimum Gasteiger partial charge on any atom is -0.480 e. The number of aliphatic carboxylic acids is 1. The first-order chi connectivity index (χ1) is 7.16. The van der Waals surface area contributed by atoms with Gasteiger partial charge in [0.25, 0.3) is 0 Å². The Hall–Kier alpha value is -1.07. The smallest absolute Gasteiger partial charge is 0.321 e. The van der Waals surface area contributed by atoms with Crippen molar-refractivity contribution in [2.75, 3.05) is 5.75 Å². The van der Waals surface area contributed by atoms with Crippen molar-refractivity contribution in [1.29, 1.82) is 0 Å². The van der Waals surface area contributed by atoms with Gasteiger partial charge in [0, 0.05) is 5.75 Å². The SMILES string of the molecule is O=C(O)C1CSC(c2ccc(F)cc2)N1. The van der Waals surface area contributed by atoms with Crippen LogP contribution in [0.4, 0.5) is 4.39 Å². The van der Waals surface area contributed by atoms with Crippen molar-refractivity contribution in [3.63, 3.8) is 0 Å². The lowest BCUT2D eigenvalue weighted by Gasteiger charge is -2.10. The first-order valence-electron chi connectivity index (χ1n) is 4.53. The minimum atomic E-state index is -0.841. The molecular weight excluding hydrogens is 217 g/mol. The summed E-state index contributed by atoms with van der Waals surface area (Å²) in [5.74, 6) is -0.583. The lowest BCUT2D eigenvalue weighted by Crippen LogP contribution is -2.33. The van der Waals surface area contributed by atoms with Gasteiger partial charge >= 0.3 is 5.97 Å². The van der Waals surface area contributed by atoms with E-state index in [0.717, 1.165) is 5.56 Å². The van der Waals surface area contributed by atoms with Crippen LogP contribution in [0.25, 0.3) is 0 Å². The molecule has 15 heavy (non-hydrogen) atoms. The Labute approximate surface area is 90.7 Å². The zero-order valence-corrected chi connectivity index (χ0v) is 8.63. The predicted octanol–water partition coefficient (Wildman–Crippen LogP) is 1.61. The normalized spacial score (nSPS) is 25.4. The van der Waals surface area contributed by atoms with E-state index in [1.54, 1.807) is 12.1 Å². The van der Waals surface area contributed by atoms with Crippen LogP contribution >= 0.6 is 11.8 Å². The van der Waals surface area contributed by atoms with Gasteiger partial charge in [-0.3, -0.25) is 10.1 Å². The quantitative estimate of drug-likeness (QED) is 0.806. The molecule has 0 aromatic heterocycles. The number of thioether (sulfide) groups is 1. The van der Waals surface area contributed by atoms with Gasteiger partial charge in [0.2, 0.25) is 0 Å². The highest BCUT2D eigenvalue weighted by atomic mass is 32.2. The molecule has 3 nitrogen and oxygen atoms in total. The zero-order chi connectivity index (χ0) is 10.8. The zero-order valence-electron chi connectivity index (χ0n) is 7.81. The van der Waals surface area contributed by atoms with Crippen LogP contribution in [0.1, 0.15) is 10.9 Å². The highest BCUT2D eigenvalue weighted by Gasteiger charge is 2.30. The van der Waals surface area contributed by atoms with Crippen LogP contribution in [0.5, 0.6) is 0 Å². The van der Waals surface area contributed by atoms with Crippen LogP contribution < -0.4 is 5.32 Å². The van der Waals surface area contributed by atoms with Crippen molar-refractivity contribution >= 4 is 17.7 Å². The van der Waals surface area contributed by atoms with Gasteiger partial charge in [-0.1, -0.05) is 12.1 Å². The maximum Gasteiger partial charge on any atom is 0.321 e. The molecule has 1 saturated heterocycles. The number of carboxylic acid groups (broad SMARTS) is 1. The number of rotatable bonds is 2. The fourth-order valence-electron chi connectivity index (χ4n) is 1.44. The maximum absolute atomic E-state index is 12.7. The molecule has 1 aliphatic heterocycles. The van der Waals surface area contributed by atoms with E-state index in [1.165, 1.54) is 23.9 Å². The van der Waals surface area contributed by atoms with Gasteiger partial charge in [0.15, 0.2) is 0 Å². The summed E-state index contributed by atoms with van der Waals surface area (Å²) in [5, 5.41) is 11.7. The number of halogens is 1. The molecule has 0 radical (unpaired) electrons. The average molecular weight is 227 g/mol. The highest BCUT2D eigenvalue weighted by Crippen LogP contribution is 2.32. The Morgan fingerprint density at radius 1 is 1.47 bits per heavy atom. The standard InChI is InChI=1S/C10H10FNO2S/c11-7-3-1-6(2-4-7)9-12-8(5-15-9)10(13)14/h1-4,8-9,12H,5H2,(H,13,14). The fraction of sp³-hybridized carbons (Fsp3) is 0.300. The average Bonchev–Trinajstić information content (AvgIpc) is 2.68. The van der Waals surface area contributed by atoms with E-state index in [-0.39, 0.29) is 11.2 Å². The summed E-state index contributed by atoms with van der Waals surface area (Å²) in [6.45, 7) is 0. The van der Waals surface area contributed by atoms with Crippen molar-refractivity contribution in [3.8, 4) is 0 Å². The van der Waals surface area contributed by atoms with E-state index in [9.17, 15) is 9.18 Å². The van der Waals surface area contributed by atoms with E-state index in [2.05, 4.69) is 5.32 Å². The number of carbonyl (C=O) groups is 1. The van der Waals surface area contributed by atoms with Crippen molar-refractivity contribution < 1.29 is 14.3 Å². The number of hydrogen-bond donors (Lipinski definition) is 2. The highest BCUT2D eigenvalue weighted by molar-refractivity contribution is 7.99. The molecule has 0 aliphatic carbocycles. The Bertz CT molecular complexity index is 368. The topological polar surface area (TPSA) is 49.3 Å². The Kier molecular flexibility index (Phi) is 2.93. The summed E-state index contributed by atoms with van der Waals surface area (Å²) in [6.07, 6.45) is 0. The molecule has 1 aromatic carbocycles. The van der Waals surface area contributed by atoms with Crippen molar-refractivity contribution in [2.45, 2.75) is 11.4 Å². The van der Waals surface area contributed by atoms with Crippen molar-refractivity contribution in [2.24, 2.45) is 0 Å². The maximum atomic E-state index is 12.7. The lowest BCUT2D eigenvalue weighted by molar-refractivity contribution is -0.138. The summed E-state index contributed by atoms with van der Waals surface area (Å²) in [4.78, 5) is 10.7. The second-order valence-electron chi connectivity index (χ2n) is 3.32. The largest absolute Gasteiger partial charge is 0.480 e. The third kappa shape index (κ3) is 2.30. The molecule has 80 valence electrons. The Morgan fingerprint density at radius 3 is 2.67 bits per heavy atom. The summed E-state index contributed by atoms with van der Waals surface area (Å²) in [6, 6.07) is 5.59. The fourth-order valence-corrected chi connectivity index (χ4v) is 2.68. The molecule has 1 aromatic rings. The van der Waals surface area contributed by atoms with E-state index < -0.39 is 12.0 Å². The molecule has 0 saturated carbocycles. The van der Waals surface area contributed by atoms with Crippen LogP contribution in [-0.4, -0.2) is 22.9 Å². The number of benzene rings is 1. The minimum absolute atomic E-state index is 0.0494. The number of carboxylic acids is 1. The molecule has 0 amide bonds. The van der Waals surface area contributed by atoms with Gasteiger partial charge in [-0.2, -0.15) is 0 Å². The van der Waals surface area contributed by atoms with E-state index in [4.69, 9.17) is 5.11 Å². The van der Waals surface area contributed by atoms with E-state index in [1.807, 2.05) is 0 Å². The summed E-state index contributed by atoms with van der Waals surface area (Å²) < 4.78 is 12.7. The van der Waals surface area contributed by atoms with Crippen LogP contribution in [0, 0.1) is 5.82 Å². The van der Waals surface area contributed by atoms with Crippen LogP contribution in [-0.2, 0) is 4.79 Å². The molecule has 2 unspecified atom stereocenters. The summed E-state index contributed by atoms with van der Waals surface area (Å²) in [5.41, 5.74) is 0.908. The first kappa shape index (κ1) is 10.4. The van der Waals surface area contributed by atoms with Gasteiger partial charge in [0.05, 0.1) is 5.37 Å². The molecular formula is C10H10FNO2S. The van der Waals surface area contributed by atoms with Crippen molar-refractivity contribution in [3.05, 3.63) is 35.6 Å². The molecule has 0 bridgehead atoms. The molecule has 2 N–H and O–H groups in total. The summed E-state index contributed by atoms with van der Waals surface area (Å²) in [7, 11) is 0. The van der Waals surface area contributed by atoms with E-state index >= 15 is 0 Å². The molecule has 1 fully saturated rings. The van der Waals surface area contributed by atoms with Gasteiger partial charge < -0.3 is 5.11 Å². The van der Waals surface area contributed by atoms with Gasteiger partial charge in [-0.15, -0.1) is 11.8 Å². The van der Waals surface area contributed by atoms with Gasteiger partial charge in [0.1, 0.15) is 11.9 Å². The first-order valence-corrected chi connectivity index (χ1v) is 5.57. The number of hydrogen-bond acceptors (Lipinski definition) is 3. The second-order valence-corrected chi connectivity index (χ2v) is 4.46. The summed E-state index contributed by atoms with van der Waals surface area (Å²) >= 11 is 1.52. The number of nitrogens with one attached hydrogen (secondary N) is 1. The Balaban J connectivity index is 2.07. The lowest BCUT2D eigenvalue weighted by atomic mass is 10.2. The van der Waals surface area contributed by atoms with E-state index in [0.29, 0.717) is 5.75 Å². The van der Waals surface area contributed by atoms with Crippen molar-refractivity contribution in [1.82, 2.24) is 5.32 Å². The molecule has 2 atom stereocenters. The third-order valence-electron chi connectivity index (χ3n) is 2.25. The Morgan fingerprint density at radius 2 is 2.13 bits per heavy atom. The predicted molar refractivity (Wildman–Crippen MR) is 56.2 cm³/mol. The van der Waals surface area contributed by atoms with Crippen LogP contribution in [0.15, 0.2) is 24.3 Å². The van der Waals surface area contributed by atoms with Gasteiger partial charge in [-0.25, -0.2) is 4.39 Å². The third-order valence-corrected chi connectivity index (χ3v) is 3.52. The second kappa shape index (κ2) is 4.20.